The van der Waals surface area contributed by atoms with Crippen LogP contribution in [-0.4, -0.2) is 30.3 Å². The van der Waals surface area contributed by atoms with Gasteiger partial charge >= 0.3 is 5.97 Å². The molecule has 6 nitrogen and oxygen atoms in total. The van der Waals surface area contributed by atoms with Crippen molar-refractivity contribution < 1.29 is 24.2 Å². The Morgan fingerprint density at radius 2 is 2.05 bits per heavy atom. The number of ether oxygens (including phenoxy) is 2. The first-order valence-corrected chi connectivity index (χ1v) is 6.37. The highest BCUT2D eigenvalue weighted by atomic mass is 16.7. The van der Waals surface area contributed by atoms with E-state index in [0.717, 1.165) is 0 Å². The van der Waals surface area contributed by atoms with E-state index in [-0.39, 0.29) is 19.2 Å². The van der Waals surface area contributed by atoms with Crippen LogP contribution in [0.15, 0.2) is 18.2 Å². The molecular weight excluding hydrogens is 262 g/mol. The van der Waals surface area contributed by atoms with Crippen LogP contribution in [0.1, 0.15) is 30.6 Å². The Labute approximate surface area is 116 Å². The highest BCUT2D eigenvalue weighted by Gasteiger charge is 2.31. The van der Waals surface area contributed by atoms with Crippen molar-refractivity contribution in [1.29, 1.82) is 0 Å². The summed E-state index contributed by atoms with van der Waals surface area (Å²) < 4.78 is 10.4. The number of carbonyl (C=O) groups excluding carboxylic acids is 1. The molecule has 0 aliphatic carbocycles. The van der Waals surface area contributed by atoms with Gasteiger partial charge in [-0.2, -0.15) is 0 Å². The average Bonchev–Trinajstić information content (AvgIpc) is 2.91. The molecule has 0 spiro atoms. The minimum absolute atomic E-state index is 0.0755. The quantitative estimate of drug-likeness (QED) is 0.856. The van der Waals surface area contributed by atoms with Crippen LogP contribution in [0.3, 0.4) is 0 Å². The van der Waals surface area contributed by atoms with Gasteiger partial charge in [-0.3, -0.25) is 9.59 Å². The van der Waals surface area contributed by atoms with Crippen molar-refractivity contribution in [2.45, 2.75) is 20.3 Å². The molecule has 1 heterocycles. The first-order chi connectivity index (χ1) is 9.46. The molecule has 1 aromatic rings. The highest BCUT2D eigenvalue weighted by Crippen LogP contribution is 2.32. The molecule has 1 aromatic carbocycles. The number of carboxylic acids is 1. The summed E-state index contributed by atoms with van der Waals surface area (Å²) in [5.41, 5.74) is -0.551. The molecule has 0 saturated carbocycles. The maximum atomic E-state index is 12.0. The lowest BCUT2D eigenvalue weighted by Crippen LogP contribution is -2.40. The predicted molar refractivity (Wildman–Crippen MR) is 70.9 cm³/mol. The van der Waals surface area contributed by atoms with Crippen molar-refractivity contribution in [2.75, 3.05) is 13.3 Å². The molecule has 2 N–H and O–H groups in total. The summed E-state index contributed by atoms with van der Waals surface area (Å²) in [6, 6.07) is 4.86. The van der Waals surface area contributed by atoms with E-state index in [2.05, 4.69) is 5.32 Å². The zero-order valence-corrected chi connectivity index (χ0v) is 11.4. The molecular formula is C14H17NO5. The van der Waals surface area contributed by atoms with Crippen molar-refractivity contribution in [3.05, 3.63) is 23.8 Å². The number of amides is 1. The molecule has 1 amide bonds. The van der Waals surface area contributed by atoms with Crippen molar-refractivity contribution in [1.82, 2.24) is 5.32 Å². The fourth-order valence-corrected chi connectivity index (χ4v) is 1.77. The van der Waals surface area contributed by atoms with E-state index in [4.69, 9.17) is 14.6 Å². The second-order valence-corrected chi connectivity index (χ2v) is 4.97. The number of aliphatic carboxylic acids is 1. The van der Waals surface area contributed by atoms with Gasteiger partial charge in [-0.25, -0.2) is 0 Å². The molecule has 0 aromatic heterocycles. The SMILES string of the molecule is CCC(C)(CNC(=O)c1ccc2c(c1)OCO2)C(=O)O. The molecule has 0 saturated heterocycles. The Bertz CT molecular complexity index is 542. The molecule has 1 unspecified atom stereocenters. The van der Waals surface area contributed by atoms with Crippen LogP contribution in [-0.2, 0) is 4.79 Å². The summed E-state index contributed by atoms with van der Waals surface area (Å²) in [4.78, 5) is 23.2. The monoisotopic (exact) mass is 279 g/mol. The number of hydrogen-bond acceptors (Lipinski definition) is 4. The molecule has 0 radical (unpaired) electrons. The zero-order valence-electron chi connectivity index (χ0n) is 11.4. The first kappa shape index (κ1) is 14.2. The molecule has 0 fully saturated rings. The summed E-state index contributed by atoms with van der Waals surface area (Å²) in [7, 11) is 0. The van der Waals surface area contributed by atoms with Crippen LogP contribution in [0.5, 0.6) is 11.5 Å². The summed E-state index contributed by atoms with van der Waals surface area (Å²) in [5, 5.41) is 11.8. The van der Waals surface area contributed by atoms with Crippen molar-refractivity contribution in [3.8, 4) is 11.5 Å². The second kappa shape index (κ2) is 5.40. The fraction of sp³-hybridized carbons (Fsp3) is 0.429. The van der Waals surface area contributed by atoms with Gasteiger partial charge in [-0.15, -0.1) is 0 Å². The summed E-state index contributed by atoms with van der Waals surface area (Å²) in [6.07, 6.45) is 0.434. The number of carboxylic acid groups (broad SMARTS) is 1. The number of fused-ring (bicyclic) bond motifs is 1. The largest absolute Gasteiger partial charge is 0.481 e. The third kappa shape index (κ3) is 2.68. The Morgan fingerprint density at radius 1 is 1.35 bits per heavy atom. The summed E-state index contributed by atoms with van der Waals surface area (Å²) in [5.74, 6) is -0.130. The summed E-state index contributed by atoms with van der Waals surface area (Å²) >= 11 is 0. The van der Waals surface area contributed by atoms with E-state index in [1.54, 1.807) is 32.0 Å². The number of rotatable bonds is 5. The third-order valence-electron chi connectivity index (χ3n) is 3.57. The smallest absolute Gasteiger partial charge is 0.311 e. The van der Waals surface area contributed by atoms with Crippen LogP contribution in [0, 0.1) is 5.41 Å². The predicted octanol–water partition coefficient (Wildman–Crippen LogP) is 1.65. The molecule has 1 aliphatic heterocycles. The lowest BCUT2D eigenvalue weighted by molar-refractivity contribution is -0.147. The lowest BCUT2D eigenvalue weighted by atomic mass is 9.87. The topological polar surface area (TPSA) is 84.9 Å². The van der Waals surface area contributed by atoms with E-state index < -0.39 is 11.4 Å². The Morgan fingerprint density at radius 3 is 2.70 bits per heavy atom. The van der Waals surface area contributed by atoms with E-state index in [9.17, 15) is 9.59 Å². The average molecular weight is 279 g/mol. The fourth-order valence-electron chi connectivity index (χ4n) is 1.77. The number of nitrogens with one attached hydrogen (secondary N) is 1. The maximum absolute atomic E-state index is 12.0. The number of carbonyl (C=O) groups is 2. The lowest BCUT2D eigenvalue weighted by Gasteiger charge is -2.23. The van der Waals surface area contributed by atoms with Gasteiger partial charge in [0.2, 0.25) is 6.79 Å². The molecule has 2 rings (SSSR count). The van der Waals surface area contributed by atoms with Gasteiger partial charge in [0.25, 0.3) is 5.91 Å². The van der Waals surface area contributed by atoms with E-state index in [1.165, 1.54) is 0 Å². The normalized spacial score (nSPS) is 15.5. The standard InChI is InChI=1S/C14H17NO5/c1-3-14(2,13(17)18)7-15-12(16)9-4-5-10-11(6-9)20-8-19-10/h4-6H,3,7-8H2,1-2H3,(H,15,16)(H,17,18). The Hall–Kier alpha value is -2.24. The van der Waals surface area contributed by atoms with E-state index in [1.807, 2.05) is 0 Å². The maximum Gasteiger partial charge on any atom is 0.311 e. The molecule has 6 heteroatoms. The van der Waals surface area contributed by atoms with Crippen LogP contribution in [0.4, 0.5) is 0 Å². The van der Waals surface area contributed by atoms with Gasteiger partial charge in [0, 0.05) is 12.1 Å². The minimum atomic E-state index is -0.966. The van der Waals surface area contributed by atoms with Gasteiger partial charge in [0.05, 0.1) is 5.41 Å². The third-order valence-corrected chi connectivity index (χ3v) is 3.57. The second-order valence-electron chi connectivity index (χ2n) is 4.97. The number of benzene rings is 1. The molecule has 0 bridgehead atoms. The van der Waals surface area contributed by atoms with Crippen LogP contribution in [0.2, 0.25) is 0 Å². The summed E-state index contributed by atoms with van der Waals surface area (Å²) in [6.45, 7) is 3.61. The Balaban J connectivity index is 2.04. The van der Waals surface area contributed by atoms with Crippen molar-refractivity contribution in [2.24, 2.45) is 5.41 Å². The minimum Gasteiger partial charge on any atom is -0.481 e. The molecule has 20 heavy (non-hydrogen) atoms. The van der Waals surface area contributed by atoms with Crippen LogP contribution >= 0.6 is 0 Å². The first-order valence-electron chi connectivity index (χ1n) is 6.37. The molecule has 108 valence electrons. The van der Waals surface area contributed by atoms with E-state index >= 15 is 0 Å². The van der Waals surface area contributed by atoms with Gasteiger partial charge < -0.3 is 19.9 Å². The van der Waals surface area contributed by atoms with E-state index in [0.29, 0.717) is 23.5 Å². The molecule has 1 aliphatic rings. The van der Waals surface area contributed by atoms with Gasteiger partial charge in [0.1, 0.15) is 0 Å². The van der Waals surface area contributed by atoms with Gasteiger partial charge in [0.15, 0.2) is 11.5 Å². The van der Waals surface area contributed by atoms with Gasteiger partial charge in [-0.1, -0.05) is 6.92 Å². The van der Waals surface area contributed by atoms with Crippen LogP contribution in [0.25, 0.3) is 0 Å². The highest BCUT2D eigenvalue weighted by molar-refractivity contribution is 5.95. The van der Waals surface area contributed by atoms with Crippen molar-refractivity contribution in [3.63, 3.8) is 0 Å². The zero-order chi connectivity index (χ0) is 14.8. The molecule has 1 atom stereocenters. The van der Waals surface area contributed by atoms with Crippen molar-refractivity contribution >= 4 is 11.9 Å². The van der Waals surface area contributed by atoms with Crippen LogP contribution < -0.4 is 14.8 Å². The Kier molecular flexibility index (Phi) is 3.83. The number of hydrogen-bond donors (Lipinski definition) is 2. The van der Waals surface area contributed by atoms with Gasteiger partial charge in [-0.05, 0) is 31.5 Å².